The summed E-state index contributed by atoms with van der Waals surface area (Å²) in [6.07, 6.45) is 12.4. The van der Waals surface area contributed by atoms with Gasteiger partial charge in [0.15, 0.2) is 36.3 Å². The third-order valence-electron chi connectivity index (χ3n) is 7.97. The fourth-order valence-electron chi connectivity index (χ4n) is 5.26. The third-order valence-corrected chi connectivity index (χ3v) is 7.97. The Morgan fingerprint density at radius 1 is 0.544 bits per heavy atom. The van der Waals surface area contributed by atoms with E-state index in [4.69, 9.17) is 36.0 Å². The van der Waals surface area contributed by atoms with E-state index in [2.05, 4.69) is 78.8 Å². The van der Waals surface area contributed by atoms with E-state index >= 15 is 0 Å². The van der Waals surface area contributed by atoms with Crippen LogP contribution in [0.2, 0.25) is 0 Å². The molecule has 57 heavy (non-hydrogen) atoms. The second kappa shape index (κ2) is 20.0. The molecule has 0 bridgehead atoms. The molecule has 15 heteroatoms. The molecule has 0 atom stereocenters. The van der Waals surface area contributed by atoms with E-state index in [-0.39, 0.29) is 0 Å². The van der Waals surface area contributed by atoms with E-state index in [1.54, 1.807) is 12.4 Å². The summed E-state index contributed by atoms with van der Waals surface area (Å²) in [4.78, 5) is 14.4. The molecule has 0 saturated heterocycles. The van der Waals surface area contributed by atoms with Crippen molar-refractivity contribution in [2.75, 3.05) is 0 Å². The molecular weight excluding hydrogens is 749 g/mol. The van der Waals surface area contributed by atoms with Crippen LogP contribution in [-0.2, 0) is 36.5 Å². The summed E-state index contributed by atoms with van der Waals surface area (Å²) < 4.78 is 56.3. The first kappa shape index (κ1) is 39.6. The molecule has 0 unspecified atom stereocenters. The summed E-state index contributed by atoms with van der Waals surface area (Å²) in [7, 11) is -5.17. The van der Waals surface area contributed by atoms with Gasteiger partial charge in [0.2, 0.25) is 11.8 Å². The maximum Gasteiger partial charge on any atom is 0.213 e. The average Bonchev–Trinajstić information content (AvgIpc) is 3.92. The van der Waals surface area contributed by atoms with Crippen molar-refractivity contribution in [2.24, 2.45) is 0 Å². The Bertz CT molecular complexity index is 2320. The number of pyridine rings is 4. The zero-order chi connectivity index (χ0) is 39.7. The molecule has 2 aromatic carbocycles. The van der Waals surface area contributed by atoms with E-state index in [9.17, 15) is 0 Å². The monoisotopic (exact) mass is 784 g/mol. The van der Waals surface area contributed by atoms with Crippen molar-refractivity contribution in [2.45, 2.75) is 26.1 Å². The predicted molar refractivity (Wildman–Crippen MR) is 203 cm³/mol. The average molecular weight is 785 g/mol. The van der Waals surface area contributed by atoms with Crippen LogP contribution in [0.1, 0.15) is 33.6 Å². The second-order valence-electron chi connectivity index (χ2n) is 12.3. The molecule has 8 aromatic rings. The van der Waals surface area contributed by atoms with Crippen molar-refractivity contribution in [1.82, 2.24) is 20.3 Å². The van der Waals surface area contributed by atoms with Crippen LogP contribution in [0.25, 0.3) is 22.6 Å². The summed E-state index contributed by atoms with van der Waals surface area (Å²) in [5, 5.41) is 8.33. The minimum absolute atomic E-state index is 0.496. The van der Waals surface area contributed by atoms with Gasteiger partial charge in [-0.1, -0.05) is 71.0 Å². The van der Waals surface area contributed by atoms with E-state index < -0.39 is 10.4 Å². The zero-order valence-electron chi connectivity index (χ0n) is 30.3. The van der Waals surface area contributed by atoms with Crippen LogP contribution < -0.4 is 19.4 Å². The first-order valence-electron chi connectivity index (χ1n) is 17.5. The number of rotatable bonds is 12. The van der Waals surface area contributed by atoms with Crippen molar-refractivity contribution < 1.29 is 46.0 Å². The van der Waals surface area contributed by atoms with Crippen molar-refractivity contribution in [3.05, 3.63) is 192 Å². The lowest BCUT2D eigenvalue weighted by molar-refractivity contribution is -0.377. The van der Waals surface area contributed by atoms with Gasteiger partial charge in [0.25, 0.3) is 0 Å². The number of nitrogens with zero attached hydrogens (tertiary/aromatic N) is 4. The highest BCUT2D eigenvalue weighted by atomic mass is 32.3. The van der Waals surface area contributed by atoms with Gasteiger partial charge in [-0.3, -0.25) is 8.42 Å². The number of aromatic amines is 2. The quantitative estimate of drug-likeness (QED) is 0.102. The van der Waals surface area contributed by atoms with Gasteiger partial charge in [-0.2, -0.15) is 0 Å². The number of ether oxygens (including phenoxy) is 2. The fourth-order valence-corrected chi connectivity index (χ4v) is 5.26. The summed E-state index contributed by atoms with van der Waals surface area (Å²) in [5.74, 6) is 2.78. The van der Waals surface area contributed by atoms with Gasteiger partial charge in [0.05, 0.1) is 22.5 Å². The van der Waals surface area contributed by atoms with Crippen LogP contribution in [0, 0.1) is 0 Å². The molecule has 8 rings (SSSR count). The Morgan fingerprint density at radius 3 is 1.30 bits per heavy atom. The molecule has 0 amide bonds. The molecule has 6 heterocycles. The molecule has 0 aliphatic heterocycles. The molecule has 6 aromatic heterocycles. The van der Waals surface area contributed by atoms with Crippen molar-refractivity contribution >= 4 is 10.4 Å². The topological polar surface area (TPSA) is 205 Å². The minimum atomic E-state index is -5.17. The summed E-state index contributed by atoms with van der Waals surface area (Å²) in [6, 6.07) is 39.6. The van der Waals surface area contributed by atoms with Crippen LogP contribution in [0.5, 0.6) is 11.8 Å². The summed E-state index contributed by atoms with van der Waals surface area (Å²) >= 11 is 0. The molecule has 0 fully saturated rings. The van der Waals surface area contributed by atoms with E-state index in [1.807, 2.05) is 97.6 Å². The molecule has 0 saturated carbocycles. The van der Waals surface area contributed by atoms with Gasteiger partial charge in [0, 0.05) is 72.0 Å². The van der Waals surface area contributed by atoms with Crippen LogP contribution >= 0.6 is 0 Å². The molecular formula is C42H36N6O8S. The number of benzene rings is 2. The molecule has 14 nitrogen and oxygen atoms in total. The minimum Gasteiger partial charge on any atom is -0.759 e. The van der Waals surface area contributed by atoms with Crippen molar-refractivity contribution in [1.29, 1.82) is 0 Å². The lowest BCUT2D eigenvalue weighted by Gasteiger charge is -2.06. The van der Waals surface area contributed by atoms with Gasteiger partial charge < -0.3 is 27.6 Å². The molecule has 0 spiro atoms. The van der Waals surface area contributed by atoms with Gasteiger partial charge in [0.1, 0.15) is 13.2 Å². The summed E-state index contributed by atoms with van der Waals surface area (Å²) in [5.41, 5.74) is 8.31. The van der Waals surface area contributed by atoms with Gasteiger partial charge >= 0.3 is 0 Å². The normalized spacial score (nSPS) is 10.7. The number of H-pyrrole nitrogens is 2. The first-order valence-corrected chi connectivity index (χ1v) is 18.8. The second-order valence-corrected chi connectivity index (χ2v) is 13.1. The SMILES string of the molecule is O=S(=O)([O-])[O-].c1ccc(OCc2ccc(Cc3cc(-c4ccc[nH+]c4)on3)cc2)nc1.c1ccc(OCc2ccc(Cc3cc(-c4ccc[nH+]c4)on3)cc2)nc1. The number of hydrogen-bond acceptors (Lipinski definition) is 12. The molecule has 0 aliphatic rings. The van der Waals surface area contributed by atoms with Crippen LogP contribution in [-0.4, -0.2) is 37.8 Å². The fraction of sp³-hybridized carbons (Fsp3) is 0.0952. The maximum absolute atomic E-state index is 8.52. The Labute approximate surface area is 328 Å². The number of hydrogen-bond donors (Lipinski definition) is 0. The highest BCUT2D eigenvalue weighted by Gasteiger charge is 2.11. The van der Waals surface area contributed by atoms with E-state index in [0.29, 0.717) is 25.0 Å². The first-order chi connectivity index (χ1) is 27.7. The number of aromatic nitrogens is 6. The zero-order valence-corrected chi connectivity index (χ0v) is 31.1. The molecule has 0 radical (unpaired) electrons. The lowest BCUT2D eigenvalue weighted by atomic mass is 10.1. The largest absolute Gasteiger partial charge is 0.759 e. The van der Waals surface area contributed by atoms with E-state index in [0.717, 1.165) is 58.0 Å². The van der Waals surface area contributed by atoms with Crippen LogP contribution in [0.3, 0.4) is 0 Å². The van der Waals surface area contributed by atoms with Gasteiger partial charge in [-0.15, -0.1) is 0 Å². The Hall–Kier alpha value is -7.07. The maximum atomic E-state index is 8.52. The lowest BCUT2D eigenvalue weighted by Crippen LogP contribution is -1.97. The molecule has 2 N–H and O–H groups in total. The van der Waals surface area contributed by atoms with Gasteiger partial charge in [-0.25, -0.2) is 19.9 Å². The Morgan fingerprint density at radius 2 is 0.947 bits per heavy atom. The van der Waals surface area contributed by atoms with E-state index in [1.165, 1.54) is 11.1 Å². The van der Waals surface area contributed by atoms with Crippen LogP contribution in [0.4, 0.5) is 0 Å². The van der Waals surface area contributed by atoms with Crippen molar-refractivity contribution in [3.63, 3.8) is 0 Å². The van der Waals surface area contributed by atoms with Gasteiger partial charge in [-0.05, 0) is 46.5 Å². The Kier molecular flexibility index (Phi) is 13.9. The third kappa shape index (κ3) is 13.6. The Balaban J connectivity index is 0.000000173. The standard InChI is InChI=1S/2C21H17N3O2.H2O4S/c2*1-2-11-23-21(5-1)25-15-17-8-6-16(7-9-17)12-19-13-20(26-24-19)18-4-3-10-22-14-18;1-5(2,3)4/h2*1-11,13-14H,12,15H2;(H2,1,2,3,4). The highest BCUT2D eigenvalue weighted by molar-refractivity contribution is 7.79. The van der Waals surface area contributed by atoms with Crippen molar-refractivity contribution in [3.8, 4) is 34.4 Å². The molecule has 288 valence electrons. The predicted octanol–water partition coefficient (Wildman–Crippen LogP) is 6.10. The smallest absolute Gasteiger partial charge is 0.213 e. The number of nitrogens with one attached hydrogen (secondary N) is 2. The van der Waals surface area contributed by atoms with Crippen LogP contribution in [0.15, 0.2) is 168 Å². The summed E-state index contributed by atoms with van der Waals surface area (Å²) in [6.45, 7) is 0.992. The highest BCUT2D eigenvalue weighted by Crippen LogP contribution is 2.22. The molecule has 0 aliphatic carbocycles.